The van der Waals surface area contributed by atoms with Crippen LogP contribution in [0.15, 0.2) is 93.1 Å². The zero-order valence-electron chi connectivity index (χ0n) is 21.8. The number of amidine groups is 1. The molecule has 0 radical (unpaired) electrons. The second-order valence-corrected chi connectivity index (χ2v) is 10.6. The number of hydrogen-bond donors (Lipinski definition) is 1. The Morgan fingerprint density at radius 1 is 1.08 bits per heavy atom. The summed E-state index contributed by atoms with van der Waals surface area (Å²) < 4.78 is 5.30. The van der Waals surface area contributed by atoms with Crippen molar-refractivity contribution in [3.63, 3.8) is 0 Å². The van der Waals surface area contributed by atoms with Crippen molar-refractivity contribution < 1.29 is 9.53 Å². The van der Waals surface area contributed by atoms with Crippen molar-refractivity contribution in [1.29, 1.82) is 5.26 Å². The minimum atomic E-state index is -0.0947. The number of ether oxygens (including phenoxy) is 1. The van der Waals surface area contributed by atoms with Crippen LogP contribution in [-0.2, 0) is 11.3 Å². The summed E-state index contributed by atoms with van der Waals surface area (Å²) in [5.74, 6) is 0.699. The summed E-state index contributed by atoms with van der Waals surface area (Å²) in [5.41, 5.74) is 5.00. The van der Waals surface area contributed by atoms with Gasteiger partial charge in [0, 0.05) is 19.0 Å². The first-order valence-corrected chi connectivity index (χ1v) is 14.1. The number of carbonyl (C=O) groups is 1. The van der Waals surface area contributed by atoms with Crippen molar-refractivity contribution in [3.8, 4) is 11.8 Å². The number of nitriles is 1. The van der Waals surface area contributed by atoms with Crippen LogP contribution in [0.3, 0.4) is 0 Å². The normalized spacial score (nSPS) is 17.9. The fourth-order valence-electron chi connectivity index (χ4n) is 4.27. The first-order chi connectivity index (χ1) is 19.0. The second kappa shape index (κ2) is 11.7. The molecule has 3 aromatic rings. The van der Waals surface area contributed by atoms with Gasteiger partial charge in [-0.1, -0.05) is 42.1 Å². The van der Waals surface area contributed by atoms with E-state index >= 15 is 0 Å². The lowest BCUT2D eigenvalue weighted by Gasteiger charge is -2.19. The van der Waals surface area contributed by atoms with Gasteiger partial charge in [-0.15, -0.1) is 0 Å². The lowest BCUT2D eigenvalue weighted by atomic mass is 10.1. The maximum absolute atomic E-state index is 13.9. The molecule has 1 saturated heterocycles. The Morgan fingerprint density at radius 3 is 2.54 bits per heavy atom. The quantitative estimate of drug-likeness (QED) is 0.330. The standard InChI is InChI=1S/C30H27N5O2S2/c1-4-32-24-15-10-21(17-31)16-25(24)33-30-35(18-20-8-6-5-7-9-20)28(36)27(39-30)29-34(2)26(19-38-29)22-11-13-23(37-3)14-12-22/h5-16,19,32H,4,18H2,1-3H3/b29-27-,33-30?. The van der Waals surface area contributed by atoms with E-state index in [1.165, 1.54) is 23.5 Å². The summed E-state index contributed by atoms with van der Waals surface area (Å²) in [4.78, 5) is 23.3. The highest BCUT2D eigenvalue weighted by atomic mass is 32.2. The Bertz CT molecular complexity index is 1530. The van der Waals surface area contributed by atoms with E-state index in [2.05, 4.69) is 21.7 Å². The smallest absolute Gasteiger partial charge is 0.269 e. The van der Waals surface area contributed by atoms with E-state index < -0.39 is 0 Å². The van der Waals surface area contributed by atoms with Crippen molar-refractivity contribution >= 4 is 51.7 Å². The number of carbonyl (C=O) groups excluding carboxylic acids is 1. The molecule has 0 bridgehead atoms. The highest BCUT2D eigenvalue weighted by Gasteiger charge is 2.38. The van der Waals surface area contributed by atoms with Gasteiger partial charge >= 0.3 is 0 Å². The van der Waals surface area contributed by atoms with Gasteiger partial charge in [0.25, 0.3) is 5.91 Å². The van der Waals surface area contributed by atoms with Crippen molar-refractivity contribution in [2.75, 3.05) is 26.0 Å². The van der Waals surface area contributed by atoms with Crippen LogP contribution >= 0.6 is 23.5 Å². The Labute approximate surface area is 236 Å². The number of thioether (sulfide) groups is 2. The fraction of sp³-hybridized carbons (Fsp3) is 0.167. The molecular formula is C30H27N5O2S2. The molecule has 7 nitrogen and oxygen atoms in total. The lowest BCUT2D eigenvalue weighted by Crippen LogP contribution is -2.29. The molecular weight excluding hydrogens is 526 g/mol. The van der Waals surface area contributed by atoms with Crippen LogP contribution in [-0.4, -0.2) is 41.6 Å². The van der Waals surface area contributed by atoms with Crippen molar-refractivity contribution in [2.45, 2.75) is 13.5 Å². The summed E-state index contributed by atoms with van der Waals surface area (Å²) in [7, 11) is 3.62. The average Bonchev–Trinajstić information content (AvgIpc) is 3.49. The molecule has 39 heavy (non-hydrogen) atoms. The molecule has 0 saturated carbocycles. The predicted octanol–water partition coefficient (Wildman–Crippen LogP) is 6.61. The number of rotatable bonds is 7. The fourth-order valence-corrected chi connectivity index (χ4v) is 6.51. The molecule has 2 aliphatic rings. The van der Waals surface area contributed by atoms with Crippen LogP contribution in [0, 0.1) is 11.3 Å². The van der Waals surface area contributed by atoms with E-state index in [1.54, 1.807) is 24.1 Å². The summed E-state index contributed by atoms with van der Waals surface area (Å²) in [6.07, 6.45) is 0. The summed E-state index contributed by atoms with van der Waals surface area (Å²) in [6, 6.07) is 25.3. The molecule has 0 unspecified atom stereocenters. The van der Waals surface area contributed by atoms with Gasteiger partial charge in [0.05, 0.1) is 47.4 Å². The maximum Gasteiger partial charge on any atom is 0.269 e. The molecule has 2 aliphatic heterocycles. The molecule has 0 aromatic heterocycles. The van der Waals surface area contributed by atoms with Gasteiger partial charge in [0.15, 0.2) is 5.17 Å². The molecule has 0 atom stereocenters. The topological polar surface area (TPSA) is 81.0 Å². The largest absolute Gasteiger partial charge is 0.497 e. The lowest BCUT2D eigenvalue weighted by molar-refractivity contribution is -0.122. The van der Waals surface area contributed by atoms with E-state index in [1.807, 2.05) is 74.6 Å². The number of aliphatic imine (C=N–C) groups is 1. The third-order valence-corrected chi connectivity index (χ3v) is 8.52. The van der Waals surface area contributed by atoms with Gasteiger partial charge in [0.2, 0.25) is 0 Å². The Hall–Kier alpha value is -4.13. The number of amides is 1. The molecule has 5 rings (SSSR count). The molecule has 196 valence electrons. The third-order valence-electron chi connectivity index (χ3n) is 6.29. The van der Waals surface area contributed by atoms with E-state index in [-0.39, 0.29) is 5.91 Å². The maximum atomic E-state index is 13.9. The number of nitrogens with zero attached hydrogens (tertiary/aromatic N) is 4. The Morgan fingerprint density at radius 2 is 1.85 bits per heavy atom. The highest BCUT2D eigenvalue weighted by Crippen LogP contribution is 2.46. The number of anilines is 1. The predicted molar refractivity (Wildman–Crippen MR) is 160 cm³/mol. The van der Waals surface area contributed by atoms with Gasteiger partial charge in [-0.3, -0.25) is 9.69 Å². The first-order valence-electron chi connectivity index (χ1n) is 12.4. The molecule has 3 aromatic carbocycles. The van der Waals surface area contributed by atoms with E-state index in [9.17, 15) is 10.1 Å². The molecule has 9 heteroatoms. The second-order valence-electron chi connectivity index (χ2n) is 8.79. The van der Waals surface area contributed by atoms with Crippen LogP contribution in [0.5, 0.6) is 5.75 Å². The van der Waals surface area contributed by atoms with Crippen LogP contribution in [0.25, 0.3) is 5.70 Å². The van der Waals surface area contributed by atoms with Gasteiger partial charge in [-0.05, 0) is 72.3 Å². The number of methoxy groups -OCH3 is 1. The van der Waals surface area contributed by atoms with Gasteiger partial charge in [0.1, 0.15) is 10.7 Å². The number of benzene rings is 3. The van der Waals surface area contributed by atoms with Gasteiger partial charge in [-0.2, -0.15) is 5.26 Å². The minimum absolute atomic E-state index is 0.0947. The van der Waals surface area contributed by atoms with E-state index in [4.69, 9.17) is 9.73 Å². The van der Waals surface area contributed by atoms with E-state index in [0.29, 0.717) is 34.4 Å². The van der Waals surface area contributed by atoms with Crippen molar-refractivity contribution in [1.82, 2.24) is 9.80 Å². The monoisotopic (exact) mass is 553 g/mol. The summed E-state index contributed by atoms with van der Waals surface area (Å²) in [5, 5.41) is 16.3. The van der Waals surface area contributed by atoms with Crippen molar-refractivity contribution in [3.05, 3.63) is 105 Å². The Balaban J connectivity index is 1.53. The zero-order valence-corrected chi connectivity index (χ0v) is 23.5. The summed E-state index contributed by atoms with van der Waals surface area (Å²) >= 11 is 2.90. The van der Waals surface area contributed by atoms with Crippen LogP contribution in [0.1, 0.15) is 23.6 Å². The van der Waals surface area contributed by atoms with E-state index in [0.717, 1.165) is 33.3 Å². The zero-order chi connectivity index (χ0) is 27.4. The molecule has 0 spiro atoms. The Kier molecular flexibility index (Phi) is 7.96. The molecule has 2 heterocycles. The molecule has 1 N–H and O–H groups in total. The molecule has 1 fully saturated rings. The number of hydrogen-bond acceptors (Lipinski definition) is 8. The molecule has 1 amide bonds. The average molecular weight is 554 g/mol. The molecule has 0 aliphatic carbocycles. The third kappa shape index (κ3) is 5.53. The first kappa shape index (κ1) is 26.5. The van der Waals surface area contributed by atoms with Gasteiger partial charge < -0.3 is 15.0 Å². The van der Waals surface area contributed by atoms with Crippen LogP contribution < -0.4 is 10.1 Å². The van der Waals surface area contributed by atoms with Crippen LogP contribution in [0.2, 0.25) is 0 Å². The van der Waals surface area contributed by atoms with Crippen molar-refractivity contribution in [2.24, 2.45) is 4.99 Å². The van der Waals surface area contributed by atoms with Crippen LogP contribution in [0.4, 0.5) is 11.4 Å². The van der Waals surface area contributed by atoms with Gasteiger partial charge in [-0.25, -0.2) is 4.99 Å². The number of nitrogens with one attached hydrogen (secondary N) is 1. The minimum Gasteiger partial charge on any atom is -0.497 e. The SMILES string of the molecule is CCNc1ccc(C#N)cc1N=C1S/C(=C2\SC=C(c3ccc(OC)cc3)N2C)C(=O)N1Cc1ccccc1. The summed E-state index contributed by atoms with van der Waals surface area (Å²) in [6.45, 7) is 3.11. The highest BCUT2D eigenvalue weighted by molar-refractivity contribution is 8.19.